The van der Waals surface area contributed by atoms with Crippen molar-refractivity contribution in [2.75, 3.05) is 5.73 Å². The minimum absolute atomic E-state index is 0.613. The highest BCUT2D eigenvalue weighted by molar-refractivity contribution is 7.99. The topological polar surface area (TPSA) is 51.8 Å². The lowest BCUT2D eigenvalue weighted by molar-refractivity contribution is 0.899. The molecule has 0 amide bonds. The third kappa shape index (κ3) is 3.38. The van der Waals surface area contributed by atoms with Crippen molar-refractivity contribution in [2.45, 2.75) is 45.1 Å². The number of hydrogen-bond donors (Lipinski definition) is 1. The summed E-state index contributed by atoms with van der Waals surface area (Å²) in [4.78, 5) is 8.71. The summed E-state index contributed by atoms with van der Waals surface area (Å²) in [6, 6.07) is 0. The Morgan fingerprint density at radius 2 is 2.00 bits per heavy atom. The fraction of sp³-hybridized carbons (Fsp3) is 0.636. The second-order valence-corrected chi connectivity index (χ2v) is 5.19. The van der Waals surface area contributed by atoms with Crippen LogP contribution in [-0.4, -0.2) is 15.2 Å². The van der Waals surface area contributed by atoms with Crippen LogP contribution in [0.1, 0.15) is 37.4 Å². The Kier molecular flexibility index (Phi) is 4.39. The van der Waals surface area contributed by atoms with Crippen LogP contribution in [0.15, 0.2) is 0 Å². The molecule has 4 heteroatoms. The molecule has 1 aromatic rings. The van der Waals surface area contributed by atoms with Crippen molar-refractivity contribution in [3.05, 3.63) is 17.1 Å². The Hall–Kier alpha value is -0.770. The van der Waals surface area contributed by atoms with E-state index < -0.39 is 0 Å². The molecule has 0 radical (unpaired) electrons. The molecule has 0 aliphatic heterocycles. The maximum Gasteiger partial charge on any atom is 0.140 e. The molecule has 2 N–H and O–H groups in total. The van der Waals surface area contributed by atoms with E-state index >= 15 is 0 Å². The number of anilines is 1. The number of nitrogens with zero attached hydrogens (tertiary/aromatic N) is 2. The molecular formula is C11H19N3S. The van der Waals surface area contributed by atoms with Gasteiger partial charge in [-0.3, -0.25) is 0 Å². The Labute approximate surface area is 95.9 Å². The predicted octanol–water partition coefficient (Wildman–Crippen LogP) is 2.71. The van der Waals surface area contributed by atoms with Crippen molar-refractivity contribution in [2.24, 2.45) is 0 Å². The summed E-state index contributed by atoms with van der Waals surface area (Å²) >= 11 is 1.87. The van der Waals surface area contributed by atoms with Gasteiger partial charge in [-0.15, -0.1) is 0 Å². The van der Waals surface area contributed by atoms with Gasteiger partial charge in [0.2, 0.25) is 0 Å². The van der Waals surface area contributed by atoms with Gasteiger partial charge in [0.25, 0.3) is 0 Å². The van der Waals surface area contributed by atoms with Crippen LogP contribution in [0.4, 0.5) is 5.82 Å². The Morgan fingerprint density at radius 3 is 2.53 bits per heavy atom. The van der Waals surface area contributed by atoms with Crippen LogP contribution in [0.25, 0.3) is 0 Å². The highest BCUT2D eigenvalue weighted by Crippen LogP contribution is 2.19. The molecule has 0 spiro atoms. The van der Waals surface area contributed by atoms with E-state index in [1.165, 1.54) is 6.42 Å². The summed E-state index contributed by atoms with van der Waals surface area (Å²) in [5, 5.41) is 0.649. The largest absolute Gasteiger partial charge is 0.383 e. The standard InChI is InChI=1S/C11H19N3S/c1-5-7(2)15-6-10-13-9(4)8(3)11(12)14-10/h7H,5-6H2,1-4H3,(H2,12,13,14). The van der Waals surface area contributed by atoms with Gasteiger partial charge in [0, 0.05) is 16.5 Å². The van der Waals surface area contributed by atoms with Gasteiger partial charge in [-0.1, -0.05) is 13.8 Å². The number of thioether (sulfide) groups is 1. The van der Waals surface area contributed by atoms with Gasteiger partial charge in [0.1, 0.15) is 11.6 Å². The molecular weight excluding hydrogens is 206 g/mol. The van der Waals surface area contributed by atoms with Crippen LogP contribution in [0.3, 0.4) is 0 Å². The summed E-state index contributed by atoms with van der Waals surface area (Å²) in [5.74, 6) is 2.31. The van der Waals surface area contributed by atoms with Gasteiger partial charge in [0.15, 0.2) is 0 Å². The smallest absolute Gasteiger partial charge is 0.140 e. The van der Waals surface area contributed by atoms with E-state index in [1.807, 2.05) is 25.6 Å². The molecule has 0 aliphatic carbocycles. The van der Waals surface area contributed by atoms with Gasteiger partial charge in [0.05, 0.1) is 5.75 Å². The van der Waals surface area contributed by atoms with Crippen LogP contribution < -0.4 is 5.73 Å². The molecule has 15 heavy (non-hydrogen) atoms. The van der Waals surface area contributed by atoms with Gasteiger partial charge < -0.3 is 5.73 Å². The first-order valence-corrected chi connectivity index (χ1v) is 6.30. The second-order valence-electron chi connectivity index (χ2n) is 3.77. The molecule has 1 heterocycles. The molecule has 84 valence electrons. The fourth-order valence-electron chi connectivity index (χ4n) is 1.11. The maximum absolute atomic E-state index is 5.80. The number of aromatic nitrogens is 2. The molecule has 1 unspecified atom stereocenters. The Morgan fingerprint density at radius 1 is 1.33 bits per heavy atom. The van der Waals surface area contributed by atoms with Crippen LogP contribution in [0.2, 0.25) is 0 Å². The molecule has 0 bridgehead atoms. The third-order valence-electron chi connectivity index (χ3n) is 2.55. The first kappa shape index (κ1) is 12.3. The molecule has 1 atom stereocenters. The van der Waals surface area contributed by atoms with E-state index in [0.29, 0.717) is 11.1 Å². The summed E-state index contributed by atoms with van der Waals surface area (Å²) < 4.78 is 0. The summed E-state index contributed by atoms with van der Waals surface area (Å²) in [6.45, 7) is 8.34. The summed E-state index contributed by atoms with van der Waals surface area (Å²) in [5.41, 5.74) is 7.78. The van der Waals surface area contributed by atoms with E-state index in [4.69, 9.17) is 5.73 Å². The first-order chi connectivity index (χ1) is 7.04. The zero-order chi connectivity index (χ0) is 11.4. The van der Waals surface area contributed by atoms with Crippen molar-refractivity contribution in [1.82, 2.24) is 9.97 Å². The number of hydrogen-bond acceptors (Lipinski definition) is 4. The molecule has 0 saturated heterocycles. The minimum Gasteiger partial charge on any atom is -0.383 e. The van der Waals surface area contributed by atoms with Gasteiger partial charge >= 0.3 is 0 Å². The summed E-state index contributed by atoms with van der Waals surface area (Å²) in [7, 11) is 0. The van der Waals surface area contributed by atoms with Gasteiger partial charge in [-0.2, -0.15) is 11.8 Å². The first-order valence-electron chi connectivity index (χ1n) is 5.25. The number of nitrogen functional groups attached to an aromatic ring is 1. The average molecular weight is 225 g/mol. The monoisotopic (exact) mass is 225 g/mol. The molecule has 0 aliphatic rings. The van der Waals surface area contributed by atoms with E-state index in [1.54, 1.807) is 0 Å². The quantitative estimate of drug-likeness (QED) is 0.856. The molecule has 1 aromatic heterocycles. The zero-order valence-electron chi connectivity index (χ0n) is 9.87. The van der Waals surface area contributed by atoms with Crippen LogP contribution in [0, 0.1) is 13.8 Å². The van der Waals surface area contributed by atoms with Crippen molar-refractivity contribution in [3.63, 3.8) is 0 Å². The van der Waals surface area contributed by atoms with Crippen LogP contribution in [0.5, 0.6) is 0 Å². The van der Waals surface area contributed by atoms with E-state index in [9.17, 15) is 0 Å². The van der Waals surface area contributed by atoms with E-state index in [0.717, 1.165) is 22.8 Å². The number of rotatable bonds is 4. The van der Waals surface area contributed by atoms with Crippen molar-refractivity contribution in [1.29, 1.82) is 0 Å². The molecule has 0 aromatic carbocycles. The van der Waals surface area contributed by atoms with Crippen LogP contribution in [-0.2, 0) is 5.75 Å². The lowest BCUT2D eigenvalue weighted by atomic mass is 10.2. The normalized spacial score (nSPS) is 12.8. The van der Waals surface area contributed by atoms with Gasteiger partial charge in [-0.05, 0) is 20.3 Å². The van der Waals surface area contributed by atoms with E-state index in [-0.39, 0.29) is 0 Å². The highest BCUT2D eigenvalue weighted by Gasteiger charge is 2.06. The van der Waals surface area contributed by atoms with Crippen molar-refractivity contribution in [3.8, 4) is 0 Å². The third-order valence-corrected chi connectivity index (χ3v) is 3.87. The molecule has 0 saturated carbocycles. The second kappa shape index (κ2) is 5.35. The lowest BCUT2D eigenvalue weighted by Crippen LogP contribution is -2.05. The van der Waals surface area contributed by atoms with E-state index in [2.05, 4.69) is 23.8 Å². The Balaban J connectivity index is 2.70. The Bertz CT molecular complexity index is 316. The molecule has 0 fully saturated rings. The SMILES string of the molecule is CCC(C)SCc1nc(C)c(C)c(N)n1. The van der Waals surface area contributed by atoms with Crippen molar-refractivity contribution >= 4 is 17.6 Å². The fourth-order valence-corrected chi connectivity index (χ4v) is 1.91. The van der Waals surface area contributed by atoms with Crippen LogP contribution >= 0.6 is 11.8 Å². The highest BCUT2D eigenvalue weighted by atomic mass is 32.2. The lowest BCUT2D eigenvalue weighted by Gasteiger charge is -2.09. The number of nitrogens with two attached hydrogens (primary N) is 1. The average Bonchev–Trinajstić information content (AvgIpc) is 2.22. The maximum atomic E-state index is 5.80. The van der Waals surface area contributed by atoms with Gasteiger partial charge in [-0.25, -0.2) is 9.97 Å². The molecule has 3 nitrogen and oxygen atoms in total. The molecule has 1 rings (SSSR count). The zero-order valence-corrected chi connectivity index (χ0v) is 10.7. The van der Waals surface area contributed by atoms with Crippen molar-refractivity contribution < 1.29 is 0 Å². The minimum atomic E-state index is 0.613. The number of aryl methyl sites for hydroxylation is 1. The predicted molar refractivity (Wildman–Crippen MR) is 67.0 cm³/mol. The summed E-state index contributed by atoms with van der Waals surface area (Å²) in [6.07, 6.45) is 1.17.